The lowest BCUT2D eigenvalue weighted by atomic mass is 10.2. The predicted octanol–water partition coefficient (Wildman–Crippen LogP) is 1.90. The second kappa shape index (κ2) is 6.73. The van der Waals surface area contributed by atoms with Crippen LogP contribution in [0.2, 0.25) is 5.02 Å². The first-order valence-corrected chi connectivity index (χ1v) is 6.19. The number of nitrogens with zero attached hydrogens (tertiary/aromatic N) is 1. The quantitative estimate of drug-likeness (QED) is 0.859. The van der Waals surface area contributed by atoms with E-state index in [1.54, 1.807) is 18.0 Å². The molecule has 1 aromatic rings. The van der Waals surface area contributed by atoms with Crippen molar-refractivity contribution in [3.63, 3.8) is 0 Å². The third-order valence-corrected chi connectivity index (χ3v) is 3.27. The Morgan fingerprint density at radius 2 is 2.22 bits per heavy atom. The highest BCUT2D eigenvalue weighted by Gasteiger charge is 2.12. The molecule has 2 N–H and O–H groups in total. The van der Waals surface area contributed by atoms with Gasteiger partial charge in [0.1, 0.15) is 0 Å². The van der Waals surface area contributed by atoms with E-state index in [1.807, 2.05) is 26.0 Å². The maximum atomic E-state index is 11.8. The number of aliphatic hydroxyl groups is 1. The number of aryl methyl sites for hydroxylation is 1. The Bertz CT molecular complexity index is 423. The Balaban J connectivity index is 2.57. The van der Waals surface area contributed by atoms with Gasteiger partial charge < -0.3 is 10.4 Å². The van der Waals surface area contributed by atoms with Crippen LogP contribution in [0.3, 0.4) is 0 Å². The van der Waals surface area contributed by atoms with Crippen LogP contribution in [0.15, 0.2) is 18.2 Å². The van der Waals surface area contributed by atoms with E-state index in [1.165, 1.54) is 0 Å². The molecule has 0 aliphatic rings. The molecule has 1 atom stereocenters. The Morgan fingerprint density at radius 3 is 2.78 bits per heavy atom. The number of hydrogen-bond acceptors (Lipinski definition) is 3. The number of amides is 1. The van der Waals surface area contributed by atoms with Crippen LogP contribution in [-0.2, 0) is 4.79 Å². The molecule has 0 bridgehead atoms. The summed E-state index contributed by atoms with van der Waals surface area (Å²) in [4.78, 5) is 13.5. The van der Waals surface area contributed by atoms with E-state index in [0.29, 0.717) is 10.7 Å². The summed E-state index contributed by atoms with van der Waals surface area (Å²) in [6, 6.07) is 5.36. The minimum Gasteiger partial charge on any atom is -0.395 e. The van der Waals surface area contributed by atoms with Gasteiger partial charge in [-0.3, -0.25) is 9.69 Å². The highest BCUT2D eigenvalue weighted by molar-refractivity contribution is 6.31. The molecule has 0 saturated heterocycles. The van der Waals surface area contributed by atoms with Gasteiger partial charge in [-0.05, 0) is 38.6 Å². The number of anilines is 1. The highest BCUT2D eigenvalue weighted by Crippen LogP contribution is 2.19. The van der Waals surface area contributed by atoms with E-state index in [-0.39, 0.29) is 25.1 Å². The van der Waals surface area contributed by atoms with Crippen LogP contribution in [-0.4, -0.2) is 42.2 Å². The smallest absolute Gasteiger partial charge is 0.238 e. The molecule has 0 spiro atoms. The second-order valence-corrected chi connectivity index (χ2v) is 4.87. The van der Waals surface area contributed by atoms with Crippen LogP contribution in [0, 0.1) is 6.92 Å². The van der Waals surface area contributed by atoms with Crippen molar-refractivity contribution in [2.45, 2.75) is 19.9 Å². The van der Waals surface area contributed by atoms with Crippen LogP contribution in [0.25, 0.3) is 0 Å². The Labute approximate surface area is 113 Å². The van der Waals surface area contributed by atoms with Crippen molar-refractivity contribution in [3.05, 3.63) is 28.8 Å². The molecule has 1 aromatic carbocycles. The number of halogens is 1. The molecule has 1 amide bonds. The van der Waals surface area contributed by atoms with E-state index < -0.39 is 0 Å². The van der Waals surface area contributed by atoms with E-state index >= 15 is 0 Å². The fraction of sp³-hybridized carbons (Fsp3) is 0.462. The normalized spacial score (nSPS) is 12.6. The van der Waals surface area contributed by atoms with E-state index in [9.17, 15) is 4.79 Å². The molecule has 100 valence electrons. The summed E-state index contributed by atoms with van der Waals surface area (Å²) in [6.07, 6.45) is 0. The molecule has 1 unspecified atom stereocenters. The summed E-state index contributed by atoms with van der Waals surface area (Å²) in [5.74, 6) is -0.127. The third kappa shape index (κ3) is 4.29. The lowest BCUT2D eigenvalue weighted by molar-refractivity contribution is -0.117. The van der Waals surface area contributed by atoms with Crippen molar-refractivity contribution in [1.82, 2.24) is 4.90 Å². The van der Waals surface area contributed by atoms with Crippen LogP contribution in [0.5, 0.6) is 0 Å². The van der Waals surface area contributed by atoms with Crippen LogP contribution in [0.1, 0.15) is 12.5 Å². The second-order valence-electron chi connectivity index (χ2n) is 4.46. The van der Waals surface area contributed by atoms with Gasteiger partial charge in [0.15, 0.2) is 0 Å². The van der Waals surface area contributed by atoms with Gasteiger partial charge in [-0.25, -0.2) is 0 Å². The summed E-state index contributed by atoms with van der Waals surface area (Å²) >= 11 is 5.98. The highest BCUT2D eigenvalue weighted by atomic mass is 35.5. The number of likely N-dealkylation sites (N-methyl/N-ethyl adjacent to an activating group) is 1. The summed E-state index contributed by atoms with van der Waals surface area (Å²) in [6.45, 7) is 4.02. The average Bonchev–Trinajstić information content (AvgIpc) is 2.32. The summed E-state index contributed by atoms with van der Waals surface area (Å²) < 4.78 is 0. The van der Waals surface area contributed by atoms with Crippen LogP contribution < -0.4 is 5.32 Å². The molecule has 0 heterocycles. The summed E-state index contributed by atoms with van der Waals surface area (Å²) in [5, 5.41) is 12.4. The number of carbonyl (C=O) groups is 1. The van der Waals surface area contributed by atoms with Gasteiger partial charge in [-0.1, -0.05) is 17.7 Å². The molecular weight excluding hydrogens is 252 g/mol. The first-order chi connectivity index (χ1) is 8.43. The number of benzene rings is 1. The Hall–Kier alpha value is -1.10. The van der Waals surface area contributed by atoms with Crippen LogP contribution in [0.4, 0.5) is 5.69 Å². The maximum Gasteiger partial charge on any atom is 0.238 e. The van der Waals surface area contributed by atoms with Crippen molar-refractivity contribution in [2.24, 2.45) is 0 Å². The van der Waals surface area contributed by atoms with E-state index in [2.05, 4.69) is 5.32 Å². The minimum absolute atomic E-state index is 0.0279. The topological polar surface area (TPSA) is 52.6 Å². The maximum absolute atomic E-state index is 11.8. The molecule has 0 aliphatic carbocycles. The molecule has 0 aromatic heterocycles. The van der Waals surface area contributed by atoms with E-state index in [0.717, 1.165) is 5.56 Å². The fourth-order valence-electron chi connectivity index (χ4n) is 1.39. The minimum atomic E-state index is -0.127. The standard InChI is InChI=1S/C13H19ClN2O2/c1-9-4-5-11(6-12(9)14)15-13(18)7-16(3)10(2)8-17/h4-6,10,17H,7-8H2,1-3H3,(H,15,18). The van der Waals surface area contributed by atoms with Gasteiger partial charge in [0.05, 0.1) is 13.2 Å². The zero-order chi connectivity index (χ0) is 13.7. The van der Waals surface area contributed by atoms with Gasteiger partial charge >= 0.3 is 0 Å². The van der Waals surface area contributed by atoms with Gasteiger partial charge in [0, 0.05) is 16.8 Å². The molecule has 1 rings (SSSR count). The average molecular weight is 271 g/mol. The molecule has 0 saturated carbocycles. The van der Waals surface area contributed by atoms with Crippen molar-refractivity contribution in [3.8, 4) is 0 Å². The molecular formula is C13H19ClN2O2. The lowest BCUT2D eigenvalue weighted by Gasteiger charge is -2.22. The molecule has 0 radical (unpaired) electrons. The molecule has 5 heteroatoms. The number of hydrogen-bond donors (Lipinski definition) is 2. The van der Waals surface area contributed by atoms with Crippen molar-refractivity contribution in [2.75, 3.05) is 25.5 Å². The van der Waals surface area contributed by atoms with Gasteiger partial charge in [-0.15, -0.1) is 0 Å². The number of nitrogens with one attached hydrogen (secondary N) is 1. The summed E-state index contributed by atoms with van der Waals surface area (Å²) in [5.41, 5.74) is 1.65. The van der Waals surface area contributed by atoms with Crippen molar-refractivity contribution < 1.29 is 9.90 Å². The van der Waals surface area contributed by atoms with Crippen molar-refractivity contribution in [1.29, 1.82) is 0 Å². The van der Waals surface area contributed by atoms with E-state index in [4.69, 9.17) is 16.7 Å². The molecule has 4 nitrogen and oxygen atoms in total. The SMILES string of the molecule is Cc1ccc(NC(=O)CN(C)C(C)CO)cc1Cl. The van der Waals surface area contributed by atoms with Gasteiger partial charge in [0.25, 0.3) is 0 Å². The number of rotatable bonds is 5. The summed E-state index contributed by atoms with van der Waals surface area (Å²) in [7, 11) is 1.79. The van der Waals surface area contributed by atoms with Crippen LogP contribution >= 0.6 is 11.6 Å². The Morgan fingerprint density at radius 1 is 1.56 bits per heavy atom. The van der Waals surface area contributed by atoms with Gasteiger partial charge in [0.2, 0.25) is 5.91 Å². The monoisotopic (exact) mass is 270 g/mol. The third-order valence-electron chi connectivity index (χ3n) is 2.87. The predicted molar refractivity (Wildman–Crippen MR) is 74.0 cm³/mol. The first-order valence-electron chi connectivity index (χ1n) is 5.81. The fourth-order valence-corrected chi connectivity index (χ4v) is 1.57. The number of aliphatic hydroxyl groups excluding tert-OH is 1. The van der Waals surface area contributed by atoms with Crippen molar-refractivity contribution >= 4 is 23.2 Å². The largest absolute Gasteiger partial charge is 0.395 e. The lowest BCUT2D eigenvalue weighted by Crippen LogP contribution is -2.38. The first kappa shape index (κ1) is 15.0. The van der Waals surface area contributed by atoms with Gasteiger partial charge in [-0.2, -0.15) is 0 Å². The molecule has 0 aliphatic heterocycles. The number of carbonyl (C=O) groups excluding carboxylic acids is 1. The zero-order valence-electron chi connectivity index (χ0n) is 10.9. The Kier molecular flexibility index (Phi) is 5.59. The molecule has 0 fully saturated rings. The molecule has 18 heavy (non-hydrogen) atoms. The zero-order valence-corrected chi connectivity index (χ0v) is 11.7.